The van der Waals surface area contributed by atoms with Gasteiger partial charge >= 0.3 is 0 Å². The molecule has 0 aliphatic carbocycles. The average molecular weight is 559 g/mol. The first-order chi connectivity index (χ1) is 18.4. The van der Waals surface area contributed by atoms with E-state index < -0.39 is 0 Å². The van der Waals surface area contributed by atoms with E-state index in [1.165, 1.54) is 0 Å². The molecular formula is C27H28Cl2N4O5. The van der Waals surface area contributed by atoms with Crippen molar-refractivity contribution < 1.29 is 23.6 Å². The molecule has 0 radical (unpaired) electrons. The lowest BCUT2D eigenvalue weighted by molar-refractivity contribution is -0.127. The molecule has 2 amide bonds. The van der Waals surface area contributed by atoms with Crippen LogP contribution in [0, 0.1) is 0 Å². The SMILES string of the molecule is O=C(NCc1ccc2c(c1)OCO2)c1cc(CN(CCCN2CCCC2=O)Cc2ccc(Cl)c(Cl)c2)on1. The highest BCUT2D eigenvalue weighted by Crippen LogP contribution is 2.32. The minimum atomic E-state index is -0.332. The summed E-state index contributed by atoms with van der Waals surface area (Å²) in [6.45, 7) is 3.80. The normalized spacial score (nSPS) is 14.5. The molecule has 3 aromatic rings. The first-order valence-electron chi connectivity index (χ1n) is 12.5. The van der Waals surface area contributed by atoms with E-state index in [4.69, 9.17) is 37.2 Å². The molecule has 1 N–H and O–H groups in total. The van der Waals surface area contributed by atoms with Crippen molar-refractivity contribution in [2.24, 2.45) is 0 Å². The minimum absolute atomic E-state index is 0.200. The van der Waals surface area contributed by atoms with Gasteiger partial charge in [0.05, 0.1) is 16.6 Å². The van der Waals surface area contributed by atoms with E-state index in [0.717, 1.165) is 37.1 Å². The number of benzene rings is 2. The summed E-state index contributed by atoms with van der Waals surface area (Å²) in [4.78, 5) is 28.8. The number of nitrogens with zero attached hydrogens (tertiary/aromatic N) is 3. The molecule has 5 rings (SSSR count). The van der Waals surface area contributed by atoms with Crippen molar-refractivity contribution in [1.82, 2.24) is 20.3 Å². The van der Waals surface area contributed by atoms with Gasteiger partial charge in [0.15, 0.2) is 23.0 Å². The number of carbonyl (C=O) groups excluding carboxylic acids is 2. The number of nitrogens with one attached hydrogen (secondary N) is 1. The fourth-order valence-corrected chi connectivity index (χ4v) is 4.90. The number of amides is 2. The second kappa shape index (κ2) is 12.1. The van der Waals surface area contributed by atoms with Gasteiger partial charge in [-0.15, -0.1) is 0 Å². The molecule has 0 spiro atoms. The van der Waals surface area contributed by atoms with Crippen molar-refractivity contribution in [3.05, 3.63) is 75.1 Å². The Hall–Kier alpha value is -3.27. The fraction of sp³-hybridized carbons (Fsp3) is 0.370. The van der Waals surface area contributed by atoms with Crippen LogP contribution in [-0.4, -0.2) is 53.2 Å². The molecule has 2 aromatic carbocycles. The first-order valence-corrected chi connectivity index (χ1v) is 13.3. The van der Waals surface area contributed by atoms with E-state index in [2.05, 4.69) is 15.4 Å². The third kappa shape index (κ3) is 6.59. The summed E-state index contributed by atoms with van der Waals surface area (Å²) in [6.07, 6.45) is 2.36. The standard InChI is InChI=1S/C27H28Cl2N4O5/c28-21-6-4-19(11-22(21)29)15-32(8-2-10-33-9-1-3-26(33)34)16-20-13-23(31-38-20)27(35)30-14-18-5-7-24-25(12-18)37-17-36-24/h4-7,11-13H,1-3,8-10,14-17H2,(H,30,35). The van der Waals surface area contributed by atoms with E-state index >= 15 is 0 Å². The van der Waals surface area contributed by atoms with Crippen LogP contribution in [0.2, 0.25) is 10.0 Å². The predicted molar refractivity (Wildman–Crippen MR) is 141 cm³/mol. The fourth-order valence-electron chi connectivity index (χ4n) is 4.57. The number of halogens is 2. The largest absolute Gasteiger partial charge is 0.454 e. The molecule has 0 bridgehead atoms. The zero-order chi connectivity index (χ0) is 26.5. The van der Waals surface area contributed by atoms with Crippen LogP contribution in [0.4, 0.5) is 0 Å². The van der Waals surface area contributed by atoms with Gasteiger partial charge in [-0.2, -0.15) is 0 Å². The van der Waals surface area contributed by atoms with Crippen molar-refractivity contribution >= 4 is 35.0 Å². The van der Waals surface area contributed by atoms with Crippen LogP contribution >= 0.6 is 23.2 Å². The summed E-state index contributed by atoms with van der Waals surface area (Å²) in [5.41, 5.74) is 2.09. The van der Waals surface area contributed by atoms with Gasteiger partial charge in [-0.05, 0) is 48.2 Å². The number of aromatic nitrogens is 1. The molecule has 0 atom stereocenters. The maximum absolute atomic E-state index is 12.7. The zero-order valence-electron chi connectivity index (χ0n) is 20.8. The molecule has 1 fully saturated rings. The van der Waals surface area contributed by atoms with E-state index in [9.17, 15) is 9.59 Å². The van der Waals surface area contributed by atoms with Crippen LogP contribution in [0.3, 0.4) is 0 Å². The lowest BCUT2D eigenvalue weighted by Gasteiger charge is -2.23. The summed E-state index contributed by atoms with van der Waals surface area (Å²) in [7, 11) is 0. The summed E-state index contributed by atoms with van der Waals surface area (Å²) >= 11 is 12.3. The molecular weight excluding hydrogens is 531 g/mol. The summed E-state index contributed by atoms with van der Waals surface area (Å²) in [5.74, 6) is 1.81. The quantitative estimate of drug-likeness (QED) is 0.365. The monoisotopic (exact) mass is 558 g/mol. The Balaban J connectivity index is 1.19. The van der Waals surface area contributed by atoms with Gasteiger partial charge in [0.25, 0.3) is 5.91 Å². The third-order valence-electron chi connectivity index (χ3n) is 6.53. The van der Waals surface area contributed by atoms with Gasteiger partial charge in [0, 0.05) is 45.2 Å². The maximum Gasteiger partial charge on any atom is 0.273 e. The Labute approximate surface area is 230 Å². The molecule has 2 aliphatic rings. The van der Waals surface area contributed by atoms with Crippen molar-refractivity contribution in [2.45, 2.75) is 38.9 Å². The highest BCUT2D eigenvalue weighted by molar-refractivity contribution is 6.42. The molecule has 200 valence electrons. The topological polar surface area (TPSA) is 97.1 Å². The molecule has 2 aliphatic heterocycles. The van der Waals surface area contributed by atoms with Crippen LogP contribution in [-0.2, 0) is 24.4 Å². The van der Waals surface area contributed by atoms with Gasteiger partial charge in [-0.3, -0.25) is 14.5 Å². The summed E-state index contributed by atoms with van der Waals surface area (Å²) in [5, 5.41) is 7.83. The smallest absolute Gasteiger partial charge is 0.273 e. The molecule has 1 saturated heterocycles. The van der Waals surface area contributed by atoms with Gasteiger partial charge < -0.3 is 24.2 Å². The van der Waals surface area contributed by atoms with Crippen molar-refractivity contribution in [1.29, 1.82) is 0 Å². The number of carbonyl (C=O) groups is 2. The minimum Gasteiger partial charge on any atom is -0.454 e. The first kappa shape index (κ1) is 26.3. The lowest BCUT2D eigenvalue weighted by Crippen LogP contribution is -2.30. The summed E-state index contributed by atoms with van der Waals surface area (Å²) in [6, 6.07) is 12.7. The van der Waals surface area contributed by atoms with Gasteiger partial charge in [0.1, 0.15) is 0 Å². The molecule has 0 saturated carbocycles. The average Bonchev–Trinajstić information content (AvgIpc) is 3.66. The van der Waals surface area contributed by atoms with Crippen molar-refractivity contribution in [2.75, 3.05) is 26.4 Å². The molecule has 9 nitrogen and oxygen atoms in total. The second-order valence-corrected chi connectivity index (χ2v) is 10.2. The van der Waals surface area contributed by atoms with E-state index in [0.29, 0.717) is 59.9 Å². The third-order valence-corrected chi connectivity index (χ3v) is 7.26. The van der Waals surface area contributed by atoms with Crippen LogP contribution in [0.5, 0.6) is 11.5 Å². The van der Waals surface area contributed by atoms with Crippen LogP contribution in [0.25, 0.3) is 0 Å². The number of hydrogen-bond acceptors (Lipinski definition) is 7. The highest BCUT2D eigenvalue weighted by atomic mass is 35.5. The van der Waals surface area contributed by atoms with Crippen LogP contribution < -0.4 is 14.8 Å². The lowest BCUT2D eigenvalue weighted by atomic mass is 10.2. The molecule has 1 aromatic heterocycles. The number of ether oxygens (including phenoxy) is 2. The summed E-state index contributed by atoms with van der Waals surface area (Å²) < 4.78 is 16.2. The van der Waals surface area contributed by atoms with Crippen LogP contribution in [0.15, 0.2) is 47.0 Å². The van der Waals surface area contributed by atoms with Gasteiger partial charge in [-0.1, -0.05) is 40.5 Å². The molecule has 38 heavy (non-hydrogen) atoms. The maximum atomic E-state index is 12.7. The number of hydrogen-bond donors (Lipinski definition) is 1. The van der Waals surface area contributed by atoms with Crippen LogP contribution in [0.1, 0.15) is 46.6 Å². The molecule has 11 heteroatoms. The van der Waals surface area contributed by atoms with Gasteiger partial charge in [-0.25, -0.2) is 0 Å². The Bertz CT molecular complexity index is 1310. The second-order valence-electron chi connectivity index (χ2n) is 9.35. The Morgan fingerprint density at radius 2 is 1.87 bits per heavy atom. The number of fused-ring (bicyclic) bond motifs is 1. The van der Waals surface area contributed by atoms with Gasteiger partial charge in [0.2, 0.25) is 12.7 Å². The Morgan fingerprint density at radius 3 is 2.68 bits per heavy atom. The Kier molecular flexibility index (Phi) is 8.36. The number of likely N-dealkylation sites (tertiary alicyclic amines) is 1. The molecule has 3 heterocycles. The van der Waals surface area contributed by atoms with Crippen molar-refractivity contribution in [3.63, 3.8) is 0 Å². The van der Waals surface area contributed by atoms with E-state index in [1.54, 1.807) is 12.1 Å². The number of rotatable bonds is 11. The highest BCUT2D eigenvalue weighted by Gasteiger charge is 2.21. The van der Waals surface area contributed by atoms with E-state index in [-0.39, 0.29) is 24.3 Å². The zero-order valence-corrected chi connectivity index (χ0v) is 22.3. The predicted octanol–water partition coefficient (Wildman–Crippen LogP) is 4.65. The van der Waals surface area contributed by atoms with Crippen molar-refractivity contribution in [3.8, 4) is 11.5 Å². The van der Waals surface area contributed by atoms with E-state index in [1.807, 2.05) is 35.2 Å². The Morgan fingerprint density at radius 1 is 1.03 bits per heavy atom. The molecule has 0 unspecified atom stereocenters.